The van der Waals surface area contributed by atoms with Gasteiger partial charge in [-0.05, 0) is 62.2 Å². The fourth-order valence-corrected chi connectivity index (χ4v) is 4.56. The van der Waals surface area contributed by atoms with Gasteiger partial charge in [0.25, 0.3) is 0 Å². The SMILES string of the molecule is CC(C)N1CCOc2c(Cl)cc(-c3nc(Nc4ccc5c(c4)CCNC5)ncc3F)cc21. The Bertz CT molecular complexity index is 1170. The zero-order chi connectivity index (χ0) is 22.2. The van der Waals surface area contributed by atoms with Crippen LogP contribution in [-0.4, -0.2) is 35.7 Å². The Kier molecular flexibility index (Phi) is 5.61. The number of ether oxygens (including phenoxy) is 1. The average molecular weight is 454 g/mol. The van der Waals surface area contributed by atoms with Crippen LogP contribution in [-0.2, 0) is 13.0 Å². The molecule has 0 fully saturated rings. The lowest BCUT2D eigenvalue weighted by atomic mass is 10.0. The number of aromatic nitrogens is 2. The van der Waals surface area contributed by atoms with Crippen LogP contribution in [0.15, 0.2) is 36.5 Å². The number of halogens is 2. The molecule has 5 rings (SSSR count). The molecule has 166 valence electrons. The number of anilines is 3. The number of benzene rings is 2. The number of hydrogen-bond acceptors (Lipinski definition) is 6. The molecule has 3 aromatic rings. The predicted molar refractivity (Wildman–Crippen MR) is 126 cm³/mol. The van der Waals surface area contributed by atoms with Gasteiger partial charge in [0.15, 0.2) is 11.6 Å². The zero-order valence-electron chi connectivity index (χ0n) is 18.1. The van der Waals surface area contributed by atoms with Crippen LogP contribution >= 0.6 is 11.6 Å². The fraction of sp³-hybridized carbons (Fsp3) is 0.333. The number of nitrogens with one attached hydrogen (secondary N) is 2. The summed E-state index contributed by atoms with van der Waals surface area (Å²) in [7, 11) is 0. The summed E-state index contributed by atoms with van der Waals surface area (Å²) in [5, 5.41) is 7.03. The van der Waals surface area contributed by atoms with Gasteiger partial charge in [0.05, 0.1) is 23.5 Å². The molecule has 32 heavy (non-hydrogen) atoms. The summed E-state index contributed by atoms with van der Waals surface area (Å²) in [6.45, 7) is 7.37. The third-order valence-electron chi connectivity index (χ3n) is 5.90. The maximum absolute atomic E-state index is 14.8. The molecule has 0 amide bonds. The van der Waals surface area contributed by atoms with Crippen molar-refractivity contribution in [1.29, 1.82) is 0 Å². The normalized spacial score (nSPS) is 15.2. The third-order valence-corrected chi connectivity index (χ3v) is 6.18. The van der Waals surface area contributed by atoms with Gasteiger partial charge in [-0.15, -0.1) is 0 Å². The molecule has 2 aromatic carbocycles. The second kappa shape index (κ2) is 8.56. The van der Waals surface area contributed by atoms with E-state index < -0.39 is 5.82 Å². The van der Waals surface area contributed by atoms with E-state index in [0.29, 0.717) is 28.9 Å². The van der Waals surface area contributed by atoms with Gasteiger partial charge in [-0.25, -0.2) is 14.4 Å². The van der Waals surface area contributed by atoms with E-state index in [1.54, 1.807) is 6.07 Å². The summed E-state index contributed by atoms with van der Waals surface area (Å²) in [6, 6.07) is 10.0. The van der Waals surface area contributed by atoms with Gasteiger partial charge < -0.3 is 20.3 Å². The second-order valence-electron chi connectivity index (χ2n) is 8.37. The number of fused-ring (bicyclic) bond motifs is 2. The molecule has 0 atom stereocenters. The van der Waals surface area contributed by atoms with Crippen molar-refractivity contribution in [2.75, 3.05) is 29.9 Å². The summed E-state index contributed by atoms with van der Waals surface area (Å²) in [6.07, 6.45) is 2.17. The summed E-state index contributed by atoms with van der Waals surface area (Å²) in [4.78, 5) is 10.8. The van der Waals surface area contributed by atoms with Crippen molar-refractivity contribution < 1.29 is 9.13 Å². The number of rotatable bonds is 4. The second-order valence-corrected chi connectivity index (χ2v) is 8.77. The molecule has 0 unspecified atom stereocenters. The molecule has 2 N–H and O–H groups in total. The van der Waals surface area contributed by atoms with E-state index in [0.717, 1.165) is 37.4 Å². The molecule has 6 nitrogen and oxygen atoms in total. The van der Waals surface area contributed by atoms with Crippen molar-refractivity contribution in [3.63, 3.8) is 0 Å². The van der Waals surface area contributed by atoms with Crippen LogP contribution in [0, 0.1) is 5.82 Å². The standard InChI is InChI=1S/C24H25ClFN5O/c1-14(2)31-7-8-32-23-19(25)10-17(11-21(23)31)22-20(26)13-28-24(30-22)29-18-4-3-16-12-27-6-5-15(16)9-18/h3-4,9-11,13-14,27H,5-8,12H2,1-2H3,(H,28,29,30). The van der Waals surface area contributed by atoms with Crippen molar-refractivity contribution in [3.05, 3.63) is 58.5 Å². The highest BCUT2D eigenvalue weighted by atomic mass is 35.5. The molecule has 0 saturated heterocycles. The molecule has 0 bridgehead atoms. The molecular formula is C24H25ClFN5O. The molecule has 8 heteroatoms. The first kappa shape index (κ1) is 21.0. The summed E-state index contributed by atoms with van der Waals surface area (Å²) in [5.74, 6) is 0.462. The minimum Gasteiger partial charge on any atom is -0.488 e. The maximum atomic E-state index is 14.8. The van der Waals surface area contributed by atoms with Gasteiger partial charge in [-0.2, -0.15) is 0 Å². The quantitative estimate of drug-likeness (QED) is 0.584. The van der Waals surface area contributed by atoms with E-state index in [9.17, 15) is 4.39 Å². The molecule has 0 aliphatic carbocycles. The number of hydrogen-bond donors (Lipinski definition) is 2. The van der Waals surface area contributed by atoms with E-state index in [1.165, 1.54) is 17.3 Å². The lowest BCUT2D eigenvalue weighted by Crippen LogP contribution is -2.38. The zero-order valence-corrected chi connectivity index (χ0v) is 18.8. The highest BCUT2D eigenvalue weighted by Crippen LogP contribution is 2.42. The van der Waals surface area contributed by atoms with Crippen LogP contribution in [0.1, 0.15) is 25.0 Å². The molecule has 3 heterocycles. The van der Waals surface area contributed by atoms with Crippen LogP contribution in [0.2, 0.25) is 5.02 Å². The monoisotopic (exact) mass is 453 g/mol. The Hall–Kier alpha value is -2.90. The molecule has 0 spiro atoms. The molecule has 0 radical (unpaired) electrons. The first-order chi connectivity index (χ1) is 15.5. The minimum atomic E-state index is -0.504. The Morgan fingerprint density at radius 3 is 2.94 bits per heavy atom. The van der Waals surface area contributed by atoms with Crippen molar-refractivity contribution in [1.82, 2.24) is 15.3 Å². The van der Waals surface area contributed by atoms with Crippen LogP contribution in [0.5, 0.6) is 5.75 Å². The van der Waals surface area contributed by atoms with E-state index >= 15 is 0 Å². The van der Waals surface area contributed by atoms with Crippen molar-refractivity contribution in [2.45, 2.75) is 32.9 Å². The van der Waals surface area contributed by atoms with Crippen molar-refractivity contribution in [2.24, 2.45) is 0 Å². The molecule has 1 aromatic heterocycles. The van der Waals surface area contributed by atoms with Crippen LogP contribution in [0.4, 0.5) is 21.7 Å². The highest BCUT2D eigenvalue weighted by molar-refractivity contribution is 6.33. The van der Waals surface area contributed by atoms with Gasteiger partial charge in [-0.1, -0.05) is 17.7 Å². The van der Waals surface area contributed by atoms with Gasteiger partial charge in [-0.3, -0.25) is 0 Å². The van der Waals surface area contributed by atoms with Crippen LogP contribution < -0.4 is 20.3 Å². The Morgan fingerprint density at radius 2 is 2.09 bits per heavy atom. The third kappa shape index (κ3) is 3.98. The van der Waals surface area contributed by atoms with E-state index in [4.69, 9.17) is 16.3 Å². The smallest absolute Gasteiger partial charge is 0.227 e. The Morgan fingerprint density at radius 1 is 1.22 bits per heavy atom. The lowest BCUT2D eigenvalue weighted by Gasteiger charge is -2.35. The van der Waals surface area contributed by atoms with Crippen molar-refractivity contribution in [3.8, 4) is 17.0 Å². The summed E-state index contributed by atoms with van der Waals surface area (Å²) in [5.41, 5.74) is 5.11. The average Bonchev–Trinajstić information content (AvgIpc) is 2.79. The molecular weight excluding hydrogens is 429 g/mol. The largest absolute Gasteiger partial charge is 0.488 e. The molecule has 2 aliphatic rings. The van der Waals surface area contributed by atoms with E-state index in [-0.39, 0.29) is 11.7 Å². The van der Waals surface area contributed by atoms with Crippen molar-refractivity contribution >= 4 is 28.9 Å². The van der Waals surface area contributed by atoms with E-state index in [2.05, 4.69) is 51.5 Å². The topological polar surface area (TPSA) is 62.3 Å². The molecule has 0 saturated carbocycles. The van der Waals surface area contributed by atoms with Crippen LogP contribution in [0.25, 0.3) is 11.3 Å². The lowest BCUT2D eigenvalue weighted by molar-refractivity contribution is 0.303. The maximum Gasteiger partial charge on any atom is 0.227 e. The van der Waals surface area contributed by atoms with Crippen LogP contribution in [0.3, 0.4) is 0 Å². The Balaban J connectivity index is 1.49. The summed E-state index contributed by atoms with van der Waals surface area (Å²) >= 11 is 6.52. The first-order valence-electron chi connectivity index (χ1n) is 10.8. The van der Waals surface area contributed by atoms with Gasteiger partial charge in [0.2, 0.25) is 5.95 Å². The van der Waals surface area contributed by atoms with E-state index in [1.807, 2.05) is 12.1 Å². The Labute approximate surface area is 191 Å². The van der Waals surface area contributed by atoms with Gasteiger partial charge in [0, 0.05) is 23.8 Å². The number of nitrogens with zero attached hydrogens (tertiary/aromatic N) is 3. The fourth-order valence-electron chi connectivity index (χ4n) is 4.29. The van der Waals surface area contributed by atoms with Gasteiger partial charge in [0.1, 0.15) is 12.3 Å². The molecule has 2 aliphatic heterocycles. The highest BCUT2D eigenvalue weighted by Gasteiger charge is 2.25. The predicted octanol–water partition coefficient (Wildman–Crippen LogP) is 4.93. The minimum absolute atomic E-state index is 0.198. The summed E-state index contributed by atoms with van der Waals surface area (Å²) < 4.78 is 20.6. The van der Waals surface area contributed by atoms with Gasteiger partial charge >= 0.3 is 0 Å². The first-order valence-corrected chi connectivity index (χ1v) is 11.2.